The van der Waals surface area contributed by atoms with Gasteiger partial charge in [0.1, 0.15) is 0 Å². The molecule has 0 radical (unpaired) electrons. The number of nitrogens with one attached hydrogen (secondary N) is 1. The first-order valence-electron chi connectivity index (χ1n) is 7.78. The van der Waals surface area contributed by atoms with Gasteiger partial charge in [-0.25, -0.2) is 18.0 Å². The molecule has 1 aromatic carbocycles. The van der Waals surface area contributed by atoms with E-state index in [1.807, 2.05) is 0 Å². The quantitative estimate of drug-likeness (QED) is 0.834. The van der Waals surface area contributed by atoms with Gasteiger partial charge in [0.2, 0.25) is 5.91 Å². The zero-order chi connectivity index (χ0) is 17.7. The Bertz CT molecular complexity index is 596. The number of carbonyl (C=O) groups is 2. The van der Waals surface area contributed by atoms with E-state index in [9.17, 15) is 22.8 Å². The Morgan fingerprint density at radius 2 is 1.75 bits per heavy atom. The molecule has 0 aromatic heterocycles. The van der Waals surface area contributed by atoms with E-state index < -0.39 is 23.5 Å². The molecule has 1 heterocycles. The molecule has 1 N–H and O–H groups in total. The molecule has 1 fully saturated rings. The second kappa shape index (κ2) is 8.03. The van der Waals surface area contributed by atoms with Crippen molar-refractivity contribution in [1.82, 2.24) is 15.1 Å². The third kappa shape index (κ3) is 4.62. The van der Waals surface area contributed by atoms with Crippen LogP contribution in [-0.2, 0) is 11.3 Å². The Morgan fingerprint density at radius 1 is 1.17 bits per heavy atom. The highest BCUT2D eigenvalue weighted by molar-refractivity contribution is 5.78. The lowest BCUT2D eigenvalue weighted by atomic mass is 10.2. The zero-order valence-electron chi connectivity index (χ0n) is 13.4. The van der Waals surface area contributed by atoms with Crippen LogP contribution in [0.15, 0.2) is 12.1 Å². The number of carbonyl (C=O) groups excluding carboxylic acids is 2. The van der Waals surface area contributed by atoms with Crippen molar-refractivity contribution in [1.29, 1.82) is 0 Å². The second-order valence-corrected chi connectivity index (χ2v) is 5.80. The maximum Gasteiger partial charge on any atom is 0.317 e. The summed E-state index contributed by atoms with van der Waals surface area (Å²) in [6, 6.07) is 1.22. The van der Waals surface area contributed by atoms with Gasteiger partial charge in [-0.05, 0) is 30.5 Å². The van der Waals surface area contributed by atoms with Crippen LogP contribution in [-0.4, -0.2) is 48.4 Å². The molecule has 24 heavy (non-hydrogen) atoms. The lowest BCUT2D eigenvalue weighted by Gasteiger charge is -2.19. The minimum Gasteiger partial charge on any atom is -0.343 e. The fourth-order valence-electron chi connectivity index (χ4n) is 2.58. The zero-order valence-corrected chi connectivity index (χ0v) is 13.4. The largest absolute Gasteiger partial charge is 0.343 e. The van der Waals surface area contributed by atoms with E-state index in [-0.39, 0.29) is 31.0 Å². The second-order valence-electron chi connectivity index (χ2n) is 5.80. The summed E-state index contributed by atoms with van der Waals surface area (Å²) in [5.74, 6) is -4.13. The number of hydrogen-bond donors (Lipinski definition) is 1. The first kappa shape index (κ1) is 18.1. The van der Waals surface area contributed by atoms with Crippen LogP contribution in [0.5, 0.6) is 0 Å². The number of urea groups is 1. The number of halogens is 3. The molecule has 0 saturated carbocycles. The van der Waals surface area contributed by atoms with Crippen LogP contribution >= 0.6 is 0 Å². The molecule has 0 bridgehead atoms. The standard InChI is InChI=1S/C16H20F3N3O2/c1-21(10-11-8-12(17)15(19)13(18)9-11)16(24)20-5-4-14(23)22-6-2-3-7-22/h8-9H,2-7,10H2,1H3,(H,20,24). The van der Waals surface area contributed by atoms with Crippen LogP contribution in [0.3, 0.4) is 0 Å². The van der Waals surface area contributed by atoms with Crippen molar-refractivity contribution >= 4 is 11.9 Å². The molecular formula is C16H20F3N3O2. The summed E-state index contributed by atoms with van der Waals surface area (Å²) in [5, 5.41) is 2.58. The highest BCUT2D eigenvalue weighted by Crippen LogP contribution is 2.15. The smallest absolute Gasteiger partial charge is 0.317 e. The third-order valence-electron chi connectivity index (χ3n) is 3.88. The SMILES string of the molecule is CN(Cc1cc(F)c(F)c(F)c1)C(=O)NCCC(=O)N1CCCC1. The van der Waals surface area contributed by atoms with Crippen molar-refractivity contribution in [2.45, 2.75) is 25.8 Å². The molecule has 1 aromatic rings. The molecule has 1 aliphatic rings. The summed E-state index contributed by atoms with van der Waals surface area (Å²) in [5.41, 5.74) is 0.136. The molecule has 0 atom stereocenters. The summed E-state index contributed by atoms with van der Waals surface area (Å²) in [4.78, 5) is 26.7. The molecule has 3 amide bonds. The van der Waals surface area contributed by atoms with Crippen LogP contribution < -0.4 is 5.32 Å². The summed E-state index contributed by atoms with van der Waals surface area (Å²) >= 11 is 0. The van der Waals surface area contributed by atoms with E-state index in [4.69, 9.17) is 0 Å². The first-order valence-corrected chi connectivity index (χ1v) is 7.78. The first-order chi connectivity index (χ1) is 11.4. The van der Waals surface area contributed by atoms with Gasteiger partial charge in [0.05, 0.1) is 0 Å². The number of likely N-dealkylation sites (tertiary alicyclic amines) is 1. The van der Waals surface area contributed by atoms with Crippen molar-refractivity contribution in [3.05, 3.63) is 35.1 Å². The molecule has 132 valence electrons. The van der Waals surface area contributed by atoms with E-state index >= 15 is 0 Å². The van der Waals surface area contributed by atoms with Crippen molar-refractivity contribution in [3.63, 3.8) is 0 Å². The van der Waals surface area contributed by atoms with Crippen LogP contribution in [0.2, 0.25) is 0 Å². The van der Waals surface area contributed by atoms with Gasteiger partial charge in [-0.15, -0.1) is 0 Å². The molecule has 0 spiro atoms. The Balaban J connectivity index is 1.78. The van der Waals surface area contributed by atoms with Gasteiger partial charge in [-0.2, -0.15) is 0 Å². The van der Waals surface area contributed by atoms with Gasteiger partial charge >= 0.3 is 6.03 Å². The maximum atomic E-state index is 13.2. The summed E-state index contributed by atoms with van der Waals surface area (Å²) in [6.45, 7) is 1.62. The number of benzene rings is 1. The lowest BCUT2D eigenvalue weighted by molar-refractivity contribution is -0.129. The van der Waals surface area contributed by atoms with Crippen molar-refractivity contribution in [2.75, 3.05) is 26.7 Å². The van der Waals surface area contributed by atoms with Gasteiger partial charge in [-0.3, -0.25) is 4.79 Å². The minimum atomic E-state index is -1.54. The topological polar surface area (TPSA) is 52.7 Å². The Morgan fingerprint density at radius 3 is 2.33 bits per heavy atom. The summed E-state index contributed by atoms with van der Waals surface area (Å²) in [7, 11) is 1.44. The van der Waals surface area contributed by atoms with Crippen molar-refractivity contribution < 1.29 is 22.8 Å². The van der Waals surface area contributed by atoms with Crippen molar-refractivity contribution in [3.8, 4) is 0 Å². The molecule has 2 rings (SSSR count). The number of hydrogen-bond acceptors (Lipinski definition) is 2. The van der Waals surface area contributed by atoms with Crippen LogP contribution in [0.1, 0.15) is 24.8 Å². The highest BCUT2D eigenvalue weighted by atomic mass is 19.2. The third-order valence-corrected chi connectivity index (χ3v) is 3.88. The van der Waals surface area contributed by atoms with E-state index in [0.717, 1.165) is 38.1 Å². The molecule has 0 aliphatic carbocycles. The van der Waals surface area contributed by atoms with E-state index in [2.05, 4.69) is 5.32 Å². The molecule has 8 heteroatoms. The monoisotopic (exact) mass is 343 g/mol. The summed E-state index contributed by atoms with van der Waals surface area (Å²) in [6.07, 6.45) is 2.22. The minimum absolute atomic E-state index is 0.00173. The average molecular weight is 343 g/mol. The van der Waals surface area contributed by atoms with Gasteiger partial charge in [0, 0.05) is 39.6 Å². The average Bonchev–Trinajstić information content (AvgIpc) is 3.06. The molecule has 1 saturated heterocycles. The van der Waals surface area contributed by atoms with E-state index in [0.29, 0.717) is 0 Å². The van der Waals surface area contributed by atoms with E-state index in [1.165, 1.54) is 11.9 Å². The molecule has 5 nitrogen and oxygen atoms in total. The van der Waals surface area contributed by atoms with Crippen LogP contribution in [0.25, 0.3) is 0 Å². The van der Waals surface area contributed by atoms with Crippen LogP contribution in [0.4, 0.5) is 18.0 Å². The van der Waals surface area contributed by atoms with Gasteiger partial charge < -0.3 is 15.1 Å². The van der Waals surface area contributed by atoms with E-state index in [1.54, 1.807) is 4.90 Å². The fourth-order valence-corrected chi connectivity index (χ4v) is 2.58. The van der Waals surface area contributed by atoms with Crippen LogP contribution in [0, 0.1) is 17.5 Å². The Labute approximate surface area is 138 Å². The predicted octanol–water partition coefficient (Wildman–Crippen LogP) is 2.26. The van der Waals surface area contributed by atoms with Crippen molar-refractivity contribution in [2.24, 2.45) is 0 Å². The lowest BCUT2D eigenvalue weighted by Crippen LogP contribution is -2.39. The highest BCUT2D eigenvalue weighted by Gasteiger charge is 2.18. The van der Waals surface area contributed by atoms with Gasteiger partial charge in [0.15, 0.2) is 17.5 Å². The molecule has 0 unspecified atom stereocenters. The van der Waals surface area contributed by atoms with Gasteiger partial charge in [-0.1, -0.05) is 0 Å². The number of rotatable bonds is 5. The number of amides is 3. The van der Waals surface area contributed by atoms with Gasteiger partial charge in [0.25, 0.3) is 0 Å². The number of nitrogens with zero attached hydrogens (tertiary/aromatic N) is 2. The normalized spacial score (nSPS) is 13.9. The molecule has 1 aliphatic heterocycles. The summed E-state index contributed by atoms with van der Waals surface area (Å²) < 4.78 is 39.2. The molecular weight excluding hydrogens is 323 g/mol. The Kier molecular flexibility index (Phi) is 6.05. The Hall–Kier alpha value is -2.25. The maximum absolute atomic E-state index is 13.2. The fraction of sp³-hybridized carbons (Fsp3) is 0.500. The predicted molar refractivity (Wildman–Crippen MR) is 81.6 cm³/mol.